The Balaban J connectivity index is 2.42. The third-order valence-electron chi connectivity index (χ3n) is 3.89. The fraction of sp³-hybridized carbons (Fsp3) is 0.412. The molecule has 3 heteroatoms. The summed E-state index contributed by atoms with van der Waals surface area (Å²) in [5, 5.41) is 9.64. The summed E-state index contributed by atoms with van der Waals surface area (Å²) in [6.07, 6.45) is 5.06. The van der Waals surface area contributed by atoms with Gasteiger partial charge in [0.25, 0.3) is 0 Å². The van der Waals surface area contributed by atoms with Crippen molar-refractivity contribution in [2.24, 2.45) is 5.41 Å². The smallest absolute Gasteiger partial charge is 0.327 e. The predicted molar refractivity (Wildman–Crippen MR) is 77.0 cm³/mol. The summed E-state index contributed by atoms with van der Waals surface area (Å²) < 4.78 is 5.16. The van der Waals surface area contributed by atoms with Crippen LogP contribution in [0.5, 0.6) is 0 Å². The fourth-order valence-electron chi connectivity index (χ4n) is 2.72. The molecule has 0 heterocycles. The average Bonchev–Trinajstić information content (AvgIpc) is 2.48. The Kier molecular flexibility index (Phi) is 4.24. The number of hydrogen-bond acceptors (Lipinski definition) is 3. The zero-order valence-corrected chi connectivity index (χ0v) is 11.9. The Bertz CT molecular complexity index is 553. The average molecular weight is 269 g/mol. The molecular weight excluding hydrogens is 250 g/mol. The fourth-order valence-corrected chi connectivity index (χ4v) is 2.72. The maximum absolute atomic E-state index is 12.3. The van der Waals surface area contributed by atoms with Crippen LogP contribution in [0.15, 0.2) is 36.4 Å². The molecule has 2 atom stereocenters. The van der Waals surface area contributed by atoms with Gasteiger partial charge in [-0.25, -0.2) is 0 Å². The minimum Gasteiger partial charge on any atom is -0.465 e. The minimum absolute atomic E-state index is 0.142. The first kappa shape index (κ1) is 14.3. The van der Waals surface area contributed by atoms with Gasteiger partial charge in [0.2, 0.25) is 0 Å². The van der Waals surface area contributed by atoms with Crippen molar-refractivity contribution >= 4 is 5.97 Å². The number of nitriles is 1. The first-order valence-corrected chi connectivity index (χ1v) is 6.94. The van der Waals surface area contributed by atoms with Crippen LogP contribution in [0.2, 0.25) is 0 Å². The Morgan fingerprint density at radius 2 is 2.10 bits per heavy atom. The van der Waals surface area contributed by atoms with Gasteiger partial charge in [0.15, 0.2) is 5.41 Å². The van der Waals surface area contributed by atoms with Gasteiger partial charge in [-0.15, -0.1) is 0 Å². The van der Waals surface area contributed by atoms with Crippen LogP contribution in [0.3, 0.4) is 0 Å². The summed E-state index contributed by atoms with van der Waals surface area (Å²) in [5.74, 6) is -0.547. The molecule has 0 saturated heterocycles. The summed E-state index contributed by atoms with van der Waals surface area (Å²) >= 11 is 0. The van der Waals surface area contributed by atoms with Crippen LogP contribution in [0.4, 0.5) is 0 Å². The second-order valence-corrected chi connectivity index (χ2v) is 5.18. The first-order valence-electron chi connectivity index (χ1n) is 6.94. The number of rotatable bonds is 3. The Morgan fingerprint density at radius 3 is 2.70 bits per heavy atom. The highest BCUT2D eigenvalue weighted by Crippen LogP contribution is 2.45. The summed E-state index contributed by atoms with van der Waals surface area (Å²) in [6.45, 7) is 4.09. The number of carbonyl (C=O) groups excluding carboxylic acids is 1. The molecule has 0 aliphatic heterocycles. The topological polar surface area (TPSA) is 50.1 Å². The van der Waals surface area contributed by atoms with Crippen molar-refractivity contribution in [2.45, 2.75) is 32.6 Å². The lowest BCUT2D eigenvalue weighted by Gasteiger charge is -2.34. The highest BCUT2D eigenvalue weighted by Gasteiger charge is 2.48. The van der Waals surface area contributed by atoms with Crippen LogP contribution in [0.1, 0.15) is 36.8 Å². The van der Waals surface area contributed by atoms with Crippen molar-refractivity contribution in [3.05, 3.63) is 47.5 Å². The van der Waals surface area contributed by atoms with E-state index in [4.69, 9.17) is 4.74 Å². The number of aryl methyl sites for hydroxylation is 1. The molecule has 2 unspecified atom stereocenters. The molecule has 0 fully saturated rings. The van der Waals surface area contributed by atoms with Crippen molar-refractivity contribution < 1.29 is 9.53 Å². The van der Waals surface area contributed by atoms with E-state index in [-0.39, 0.29) is 5.92 Å². The van der Waals surface area contributed by atoms with E-state index in [0.29, 0.717) is 19.4 Å². The molecule has 0 saturated carbocycles. The zero-order chi connectivity index (χ0) is 14.6. The number of ether oxygens (including phenoxy) is 1. The highest BCUT2D eigenvalue weighted by atomic mass is 16.5. The second kappa shape index (κ2) is 5.92. The Labute approximate surface area is 119 Å². The number of nitrogens with zero attached hydrogens (tertiary/aromatic N) is 1. The van der Waals surface area contributed by atoms with Crippen molar-refractivity contribution in [1.82, 2.24) is 0 Å². The zero-order valence-electron chi connectivity index (χ0n) is 11.9. The van der Waals surface area contributed by atoms with E-state index in [1.807, 2.05) is 43.3 Å². The van der Waals surface area contributed by atoms with Crippen molar-refractivity contribution in [3.63, 3.8) is 0 Å². The first-order chi connectivity index (χ1) is 9.64. The molecule has 1 aromatic carbocycles. The van der Waals surface area contributed by atoms with Crippen LogP contribution < -0.4 is 0 Å². The number of esters is 1. The monoisotopic (exact) mass is 269 g/mol. The molecule has 20 heavy (non-hydrogen) atoms. The summed E-state index contributed by atoms with van der Waals surface area (Å²) in [4.78, 5) is 12.3. The van der Waals surface area contributed by atoms with Crippen LogP contribution in [-0.4, -0.2) is 12.6 Å². The van der Waals surface area contributed by atoms with Gasteiger partial charge in [-0.1, -0.05) is 42.0 Å². The molecule has 0 amide bonds. The lowest BCUT2D eigenvalue weighted by Crippen LogP contribution is -2.38. The van der Waals surface area contributed by atoms with Gasteiger partial charge in [0.05, 0.1) is 12.7 Å². The number of carbonyl (C=O) groups is 1. The van der Waals surface area contributed by atoms with Crippen molar-refractivity contribution in [1.29, 1.82) is 5.26 Å². The predicted octanol–water partition coefficient (Wildman–Crippen LogP) is 3.50. The molecule has 0 aromatic heterocycles. The molecule has 1 aliphatic carbocycles. The molecule has 0 radical (unpaired) electrons. The third-order valence-corrected chi connectivity index (χ3v) is 3.89. The Hall–Kier alpha value is -2.08. The van der Waals surface area contributed by atoms with Gasteiger partial charge in [-0.2, -0.15) is 5.26 Å². The van der Waals surface area contributed by atoms with Gasteiger partial charge in [0, 0.05) is 5.92 Å². The molecule has 104 valence electrons. The molecule has 1 aliphatic rings. The van der Waals surface area contributed by atoms with Gasteiger partial charge < -0.3 is 4.74 Å². The lowest BCUT2D eigenvalue weighted by molar-refractivity contribution is -0.153. The molecule has 0 bridgehead atoms. The lowest BCUT2D eigenvalue weighted by atomic mass is 9.67. The van der Waals surface area contributed by atoms with E-state index in [2.05, 4.69) is 6.07 Å². The Morgan fingerprint density at radius 1 is 1.40 bits per heavy atom. The van der Waals surface area contributed by atoms with Gasteiger partial charge >= 0.3 is 5.97 Å². The van der Waals surface area contributed by atoms with E-state index in [1.165, 1.54) is 5.56 Å². The van der Waals surface area contributed by atoms with Crippen LogP contribution in [0, 0.1) is 23.7 Å². The van der Waals surface area contributed by atoms with Crippen molar-refractivity contribution in [3.8, 4) is 6.07 Å². The van der Waals surface area contributed by atoms with Crippen LogP contribution in [0.25, 0.3) is 0 Å². The number of hydrogen-bond donors (Lipinski definition) is 0. The number of benzene rings is 1. The summed E-state index contributed by atoms with van der Waals surface area (Å²) in [5.41, 5.74) is 1.09. The maximum atomic E-state index is 12.3. The van der Waals surface area contributed by atoms with E-state index < -0.39 is 11.4 Å². The molecule has 3 nitrogen and oxygen atoms in total. The van der Waals surface area contributed by atoms with Crippen molar-refractivity contribution in [2.75, 3.05) is 6.61 Å². The minimum atomic E-state index is -1.10. The molecular formula is C17H19NO2. The van der Waals surface area contributed by atoms with E-state index in [9.17, 15) is 10.1 Å². The van der Waals surface area contributed by atoms with Crippen LogP contribution >= 0.6 is 0 Å². The quantitative estimate of drug-likeness (QED) is 0.623. The third kappa shape index (κ3) is 2.46. The largest absolute Gasteiger partial charge is 0.465 e. The molecule has 0 spiro atoms. The summed E-state index contributed by atoms with van der Waals surface area (Å²) in [6, 6.07) is 10.3. The number of allylic oxidation sites excluding steroid dienone is 2. The van der Waals surface area contributed by atoms with Crippen LogP contribution in [-0.2, 0) is 9.53 Å². The maximum Gasteiger partial charge on any atom is 0.327 e. The molecule has 1 aromatic rings. The molecule has 2 rings (SSSR count). The van der Waals surface area contributed by atoms with E-state index >= 15 is 0 Å². The SMILES string of the molecule is CCOC(=O)C1(C#N)CC=CCC1c1ccc(C)cc1. The normalized spacial score (nSPS) is 24.9. The van der Waals surface area contributed by atoms with Gasteiger partial charge in [-0.05, 0) is 32.3 Å². The van der Waals surface area contributed by atoms with Gasteiger partial charge in [-0.3, -0.25) is 4.79 Å². The highest BCUT2D eigenvalue weighted by molar-refractivity contribution is 5.82. The molecule has 0 N–H and O–H groups in total. The second-order valence-electron chi connectivity index (χ2n) is 5.18. The van der Waals surface area contributed by atoms with E-state index in [1.54, 1.807) is 6.92 Å². The van der Waals surface area contributed by atoms with Gasteiger partial charge in [0.1, 0.15) is 0 Å². The van der Waals surface area contributed by atoms with E-state index in [0.717, 1.165) is 5.56 Å². The standard InChI is InChI=1S/C17H19NO2/c1-3-20-16(19)17(12-18)11-5-4-6-15(17)14-9-7-13(2)8-10-14/h4-5,7-10,15H,3,6,11H2,1-2H3. The summed E-state index contributed by atoms with van der Waals surface area (Å²) in [7, 11) is 0.